The third-order valence-corrected chi connectivity index (χ3v) is 3.72. The summed E-state index contributed by atoms with van der Waals surface area (Å²) in [5.41, 5.74) is 2.39. The topological polar surface area (TPSA) is 74.2 Å². The van der Waals surface area contributed by atoms with Crippen LogP contribution in [-0.2, 0) is 6.61 Å². The molecule has 6 heteroatoms. The highest BCUT2D eigenvalue weighted by atomic mass is 16.5. The van der Waals surface area contributed by atoms with E-state index in [4.69, 9.17) is 13.6 Å². The number of aromatic nitrogens is 3. The fourth-order valence-corrected chi connectivity index (χ4v) is 2.41. The van der Waals surface area contributed by atoms with Gasteiger partial charge in [0.05, 0.1) is 17.7 Å². The first-order valence-electron chi connectivity index (χ1n) is 7.93. The first kappa shape index (κ1) is 16.2. The number of furan rings is 1. The lowest BCUT2D eigenvalue weighted by Crippen LogP contribution is -2.07. The van der Waals surface area contributed by atoms with E-state index in [-0.39, 0.29) is 5.92 Å². The largest absolute Gasteiger partial charge is 0.483 e. The summed E-state index contributed by atoms with van der Waals surface area (Å²) in [6, 6.07) is 3.61. The third-order valence-electron chi connectivity index (χ3n) is 3.72. The maximum Gasteiger partial charge on any atom is 0.263 e. The Bertz CT molecular complexity index is 812. The molecule has 24 heavy (non-hydrogen) atoms. The highest BCUT2D eigenvalue weighted by Gasteiger charge is 2.16. The van der Waals surface area contributed by atoms with E-state index in [0.29, 0.717) is 29.8 Å². The van der Waals surface area contributed by atoms with E-state index in [1.807, 2.05) is 26.8 Å². The molecule has 0 aliphatic rings. The van der Waals surface area contributed by atoms with Crippen LogP contribution in [0.1, 0.15) is 48.4 Å². The fraction of sp³-hybridized carbons (Fsp3) is 0.389. The van der Waals surface area contributed by atoms with Crippen molar-refractivity contribution in [2.45, 2.75) is 47.1 Å². The van der Waals surface area contributed by atoms with E-state index in [2.05, 4.69) is 28.8 Å². The van der Waals surface area contributed by atoms with Crippen molar-refractivity contribution in [3.63, 3.8) is 0 Å². The van der Waals surface area contributed by atoms with Gasteiger partial charge in [-0.25, -0.2) is 15.0 Å². The molecule has 0 bridgehead atoms. The summed E-state index contributed by atoms with van der Waals surface area (Å²) >= 11 is 0. The molecule has 0 saturated heterocycles. The molecule has 3 aromatic rings. The van der Waals surface area contributed by atoms with E-state index in [9.17, 15) is 0 Å². The van der Waals surface area contributed by atoms with Crippen molar-refractivity contribution in [2.75, 3.05) is 0 Å². The van der Waals surface area contributed by atoms with Crippen LogP contribution < -0.4 is 4.74 Å². The molecule has 3 heterocycles. The SMILES string of the molecule is Cc1nc(C(C)C)nc(C)c1OCc1nc(-c2ccco2)oc1C. The van der Waals surface area contributed by atoms with Crippen molar-refractivity contribution >= 4 is 0 Å². The van der Waals surface area contributed by atoms with Gasteiger partial charge in [0.2, 0.25) is 0 Å². The molecule has 0 spiro atoms. The standard InChI is InChI=1S/C18H21N3O3/c1-10(2)17-19-11(3)16(12(4)20-17)23-9-14-13(5)24-18(21-14)15-7-6-8-22-15/h6-8,10H,9H2,1-5H3. The Balaban J connectivity index is 1.79. The Kier molecular flexibility index (Phi) is 4.38. The van der Waals surface area contributed by atoms with Gasteiger partial charge in [-0.1, -0.05) is 13.8 Å². The van der Waals surface area contributed by atoms with Crippen LogP contribution in [0.5, 0.6) is 5.75 Å². The smallest absolute Gasteiger partial charge is 0.263 e. The predicted octanol–water partition coefficient (Wildman–Crippen LogP) is 4.35. The molecule has 0 radical (unpaired) electrons. The van der Waals surface area contributed by atoms with Crippen molar-refractivity contribution in [1.29, 1.82) is 0 Å². The summed E-state index contributed by atoms with van der Waals surface area (Å²) in [5.74, 6) is 3.57. The van der Waals surface area contributed by atoms with Gasteiger partial charge in [-0.3, -0.25) is 0 Å². The monoisotopic (exact) mass is 327 g/mol. The Hall–Kier alpha value is -2.63. The second-order valence-electron chi connectivity index (χ2n) is 6.02. The average molecular weight is 327 g/mol. The van der Waals surface area contributed by atoms with Gasteiger partial charge in [0, 0.05) is 5.92 Å². The lowest BCUT2D eigenvalue weighted by atomic mass is 10.2. The number of aryl methyl sites for hydroxylation is 3. The molecular weight excluding hydrogens is 306 g/mol. The average Bonchev–Trinajstić information content (AvgIpc) is 3.16. The van der Waals surface area contributed by atoms with Gasteiger partial charge < -0.3 is 13.6 Å². The van der Waals surface area contributed by atoms with Crippen molar-refractivity contribution in [2.24, 2.45) is 0 Å². The van der Waals surface area contributed by atoms with Crippen molar-refractivity contribution in [3.8, 4) is 17.4 Å². The van der Waals surface area contributed by atoms with E-state index in [0.717, 1.165) is 22.9 Å². The molecule has 0 N–H and O–H groups in total. The Morgan fingerprint density at radius 2 is 1.79 bits per heavy atom. The van der Waals surface area contributed by atoms with Crippen LogP contribution in [0.2, 0.25) is 0 Å². The number of ether oxygens (including phenoxy) is 1. The minimum Gasteiger partial charge on any atom is -0.483 e. The quantitative estimate of drug-likeness (QED) is 0.693. The maximum absolute atomic E-state index is 5.92. The number of rotatable bonds is 5. The van der Waals surface area contributed by atoms with E-state index < -0.39 is 0 Å². The molecule has 6 nitrogen and oxygen atoms in total. The van der Waals surface area contributed by atoms with Gasteiger partial charge in [0.15, 0.2) is 11.5 Å². The van der Waals surface area contributed by atoms with Crippen LogP contribution in [0.25, 0.3) is 11.7 Å². The van der Waals surface area contributed by atoms with Gasteiger partial charge in [0.1, 0.15) is 23.9 Å². The molecule has 3 aromatic heterocycles. The third kappa shape index (κ3) is 3.18. The van der Waals surface area contributed by atoms with Gasteiger partial charge >= 0.3 is 0 Å². The summed E-state index contributed by atoms with van der Waals surface area (Å²) < 4.78 is 16.9. The summed E-state index contributed by atoms with van der Waals surface area (Å²) in [4.78, 5) is 13.5. The number of oxazole rings is 1. The predicted molar refractivity (Wildman–Crippen MR) is 88.9 cm³/mol. The minimum atomic E-state index is 0.282. The fourth-order valence-electron chi connectivity index (χ4n) is 2.41. The first-order chi connectivity index (χ1) is 11.5. The zero-order valence-electron chi connectivity index (χ0n) is 14.6. The lowest BCUT2D eigenvalue weighted by molar-refractivity contribution is 0.291. The Labute approximate surface area is 140 Å². The zero-order chi connectivity index (χ0) is 17.3. The molecule has 0 saturated carbocycles. The van der Waals surface area contributed by atoms with E-state index >= 15 is 0 Å². The molecule has 0 aliphatic carbocycles. The van der Waals surface area contributed by atoms with Crippen molar-refractivity contribution < 1.29 is 13.6 Å². The van der Waals surface area contributed by atoms with Crippen molar-refractivity contribution in [3.05, 3.63) is 47.1 Å². The number of hydrogen-bond donors (Lipinski definition) is 0. The maximum atomic E-state index is 5.92. The highest BCUT2D eigenvalue weighted by molar-refractivity contribution is 5.44. The van der Waals surface area contributed by atoms with Gasteiger partial charge in [-0.05, 0) is 32.9 Å². The van der Waals surface area contributed by atoms with Crippen LogP contribution in [-0.4, -0.2) is 15.0 Å². The normalized spacial score (nSPS) is 11.2. The summed E-state index contributed by atoms with van der Waals surface area (Å²) in [6.45, 7) is 10.2. The molecule has 0 unspecified atom stereocenters. The van der Waals surface area contributed by atoms with Gasteiger partial charge in [-0.15, -0.1) is 0 Å². The highest BCUT2D eigenvalue weighted by Crippen LogP contribution is 2.26. The zero-order valence-corrected chi connectivity index (χ0v) is 14.6. The summed E-state index contributed by atoms with van der Waals surface area (Å²) in [7, 11) is 0. The Morgan fingerprint density at radius 3 is 2.38 bits per heavy atom. The second kappa shape index (κ2) is 6.47. The molecule has 126 valence electrons. The molecule has 0 fully saturated rings. The molecule has 0 amide bonds. The minimum absolute atomic E-state index is 0.282. The van der Waals surface area contributed by atoms with Crippen molar-refractivity contribution in [1.82, 2.24) is 15.0 Å². The number of hydrogen-bond acceptors (Lipinski definition) is 6. The molecule has 0 atom stereocenters. The summed E-state index contributed by atoms with van der Waals surface area (Å²) in [6.07, 6.45) is 1.59. The first-order valence-corrected chi connectivity index (χ1v) is 7.93. The van der Waals surface area contributed by atoms with Crippen LogP contribution in [0.15, 0.2) is 27.2 Å². The summed E-state index contributed by atoms with van der Waals surface area (Å²) in [5, 5.41) is 0. The molecule has 3 rings (SSSR count). The molecule has 0 aliphatic heterocycles. The van der Waals surface area contributed by atoms with Gasteiger partial charge in [-0.2, -0.15) is 0 Å². The molecular formula is C18H21N3O3. The molecule has 0 aromatic carbocycles. The number of nitrogens with zero attached hydrogens (tertiary/aromatic N) is 3. The van der Waals surface area contributed by atoms with Crippen LogP contribution >= 0.6 is 0 Å². The van der Waals surface area contributed by atoms with Crippen LogP contribution in [0.3, 0.4) is 0 Å². The second-order valence-corrected chi connectivity index (χ2v) is 6.02. The lowest BCUT2D eigenvalue weighted by Gasteiger charge is -2.13. The van der Waals surface area contributed by atoms with E-state index in [1.165, 1.54) is 0 Å². The van der Waals surface area contributed by atoms with Crippen LogP contribution in [0, 0.1) is 20.8 Å². The van der Waals surface area contributed by atoms with E-state index in [1.54, 1.807) is 12.3 Å². The Morgan fingerprint density at radius 1 is 1.08 bits per heavy atom. The van der Waals surface area contributed by atoms with Gasteiger partial charge in [0.25, 0.3) is 5.89 Å². The van der Waals surface area contributed by atoms with Crippen LogP contribution in [0.4, 0.5) is 0 Å².